The topological polar surface area (TPSA) is 129 Å². The first-order valence-electron chi connectivity index (χ1n) is 8.82. The monoisotopic (exact) mass is 458 g/mol. The van der Waals surface area contributed by atoms with Crippen LogP contribution in [-0.4, -0.2) is 50.1 Å². The lowest BCUT2D eigenvalue weighted by Gasteiger charge is -2.12. The van der Waals surface area contributed by atoms with Crippen molar-refractivity contribution in [1.82, 2.24) is 14.3 Å². The molecular weight excluding hydrogens is 436 g/mol. The lowest BCUT2D eigenvalue weighted by molar-refractivity contribution is -0.147. The number of anilines is 1. The summed E-state index contributed by atoms with van der Waals surface area (Å²) in [6.45, 7) is 2.71. The number of nitrogens with one attached hydrogen (secondary N) is 2. The van der Waals surface area contributed by atoms with Crippen LogP contribution < -0.4 is 14.8 Å². The molecule has 12 heteroatoms. The highest BCUT2D eigenvalue weighted by Crippen LogP contribution is 2.30. The van der Waals surface area contributed by atoms with Crippen LogP contribution in [0.5, 0.6) is 5.75 Å². The number of methoxy groups -OCH3 is 1. The van der Waals surface area contributed by atoms with Crippen LogP contribution in [0.4, 0.5) is 5.69 Å². The summed E-state index contributed by atoms with van der Waals surface area (Å²) in [5, 5.41) is 2.92. The van der Waals surface area contributed by atoms with Crippen LogP contribution in [0.15, 0.2) is 23.4 Å². The van der Waals surface area contributed by atoms with Gasteiger partial charge in [0.15, 0.2) is 11.6 Å². The minimum absolute atomic E-state index is 0.137. The van der Waals surface area contributed by atoms with Gasteiger partial charge in [-0.15, -0.1) is 0 Å². The predicted octanol–water partition coefficient (Wildman–Crippen LogP) is 1.55. The molecule has 0 bridgehead atoms. The third kappa shape index (κ3) is 6.18. The lowest BCUT2D eigenvalue weighted by Crippen LogP contribution is -2.28. The molecule has 1 heterocycles. The van der Waals surface area contributed by atoms with Gasteiger partial charge in [-0.3, -0.25) is 9.59 Å². The number of carbonyl (C=O) groups excluding carboxylic acids is 2. The van der Waals surface area contributed by atoms with Gasteiger partial charge >= 0.3 is 5.97 Å². The molecule has 1 aromatic carbocycles. The number of amides is 1. The van der Waals surface area contributed by atoms with E-state index in [0.29, 0.717) is 22.3 Å². The Morgan fingerprint density at radius 1 is 1.27 bits per heavy atom. The Morgan fingerprint density at radius 3 is 2.57 bits per heavy atom. The van der Waals surface area contributed by atoms with E-state index in [1.54, 1.807) is 37.6 Å². The molecule has 2 N–H and O–H groups in total. The number of carbonyl (C=O) groups is 2. The van der Waals surface area contributed by atoms with Crippen molar-refractivity contribution in [3.8, 4) is 5.75 Å². The number of halogens is 1. The van der Waals surface area contributed by atoms with Crippen LogP contribution in [-0.2, 0) is 31.4 Å². The maximum Gasteiger partial charge on any atom is 0.307 e. The molecule has 10 nitrogen and oxygen atoms in total. The summed E-state index contributed by atoms with van der Waals surface area (Å²) >= 11 is 6.02. The number of rotatable bonds is 9. The Bertz CT molecular complexity index is 1030. The first kappa shape index (κ1) is 23.6. The second-order valence-electron chi connectivity index (χ2n) is 6.40. The molecule has 1 amide bonds. The largest absolute Gasteiger partial charge is 0.495 e. The van der Waals surface area contributed by atoms with Crippen molar-refractivity contribution in [3.05, 3.63) is 34.7 Å². The molecule has 0 unspecified atom stereocenters. The van der Waals surface area contributed by atoms with Crippen LogP contribution in [0.2, 0.25) is 5.02 Å². The van der Waals surface area contributed by atoms with Crippen LogP contribution >= 0.6 is 11.6 Å². The molecule has 2 aromatic rings. The van der Waals surface area contributed by atoms with Gasteiger partial charge in [-0.05, 0) is 25.5 Å². The molecule has 164 valence electrons. The molecule has 0 spiro atoms. The maximum absolute atomic E-state index is 12.1. The summed E-state index contributed by atoms with van der Waals surface area (Å²) in [6.07, 6.45) is 1.12. The van der Waals surface area contributed by atoms with Crippen LogP contribution in [0, 0.1) is 13.8 Å². The first-order valence-corrected chi connectivity index (χ1v) is 10.7. The Balaban J connectivity index is 1.81. The summed E-state index contributed by atoms with van der Waals surface area (Å²) in [5.74, 6) is -0.407. The number of imidazole rings is 1. The van der Waals surface area contributed by atoms with Crippen LogP contribution in [0.3, 0.4) is 0 Å². The minimum atomic E-state index is -3.84. The molecule has 0 saturated carbocycles. The zero-order valence-electron chi connectivity index (χ0n) is 17.0. The average molecular weight is 459 g/mol. The molecule has 0 aliphatic carbocycles. The number of hydrogen-bond donors (Lipinski definition) is 2. The number of nitrogens with zero attached hydrogens (tertiary/aromatic N) is 2. The maximum atomic E-state index is 12.1. The highest BCUT2D eigenvalue weighted by atomic mass is 35.5. The summed E-state index contributed by atoms with van der Waals surface area (Å²) in [6, 6.07) is 3.20. The van der Waals surface area contributed by atoms with Crippen molar-refractivity contribution < 1.29 is 27.5 Å². The summed E-state index contributed by atoms with van der Waals surface area (Å²) in [7, 11) is -0.733. The Morgan fingerprint density at radius 2 is 1.97 bits per heavy atom. The molecule has 0 aliphatic heterocycles. The fourth-order valence-corrected chi connectivity index (χ4v) is 3.57. The van der Waals surface area contributed by atoms with Gasteiger partial charge in [0.25, 0.3) is 15.9 Å². The Kier molecular flexibility index (Phi) is 7.82. The number of esters is 1. The van der Waals surface area contributed by atoms with E-state index in [1.165, 1.54) is 13.3 Å². The number of aryl methyl sites for hydroxylation is 3. The van der Waals surface area contributed by atoms with E-state index in [-0.39, 0.29) is 18.0 Å². The van der Waals surface area contributed by atoms with Crippen molar-refractivity contribution in [1.29, 1.82) is 0 Å². The number of aromatic nitrogens is 2. The fourth-order valence-electron chi connectivity index (χ4n) is 2.35. The zero-order valence-corrected chi connectivity index (χ0v) is 18.6. The van der Waals surface area contributed by atoms with E-state index in [4.69, 9.17) is 21.1 Å². The van der Waals surface area contributed by atoms with E-state index in [2.05, 4.69) is 15.0 Å². The highest BCUT2D eigenvalue weighted by Gasteiger charge is 2.19. The van der Waals surface area contributed by atoms with Gasteiger partial charge in [-0.1, -0.05) is 11.6 Å². The zero-order chi connectivity index (χ0) is 22.5. The van der Waals surface area contributed by atoms with E-state index in [1.807, 2.05) is 0 Å². The van der Waals surface area contributed by atoms with Crippen LogP contribution in [0.1, 0.15) is 17.8 Å². The average Bonchev–Trinajstić information content (AvgIpc) is 3.02. The van der Waals surface area contributed by atoms with Gasteiger partial charge in [0, 0.05) is 30.9 Å². The third-order valence-electron chi connectivity index (χ3n) is 4.10. The van der Waals surface area contributed by atoms with Gasteiger partial charge in [0.05, 0.1) is 19.2 Å². The first-order chi connectivity index (χ1) is 14.0. The highest BCUT2D eigenvalue weighted by molar-refractivity contribution is 7.89. The molecule has 30 heavy (non-hydrogen) atoms. The van der Waals surface area contributed by atoms with Gasteiger partial charge in [0.1, 0.15) is 11.6 Å². The quantitative estimate of drug-likeness (QED) is 0.545. The summed E-state index contributed by atoms with van der Waals surface area (Å²) in [5.41, 5.74) is 1.12. The molecule has 0 aliphatic rings. The number of sulfonamides is 1. The molecule has 0 radical (unpaired) electrons. The minimum Gasteiger partial charge on any atom is -0.495 e. The van der Waals surface area contributed by atoms with E-state index < -0.39 is 28.5 Å². The molecule has 1 aromatic heterocycles. The molecule has 2 rings (SSSR count). The van der Waals surface area contributed by atoms with Gasteiger partial charge in [0.2, 0.25) is 0 Å². The SMILES string of the molecule is COc1cc(Cl)c(C)cc1NC(=O)COC(=O)CCNS(=O)(=O)c1cn(C)c(C)n1. The summed E-state index contributed by atoms with van der Waals surface area (Å²) < 4.78 is 38.1. The lowest BCUT2D eigenvalue weighted by atomic mass is 10.2. The van der Waals surface area contributed by atoms with Gasteiger partial charge < -0.3 is 19.4 Å². The van der Waals surface area contributed by atoms with Gasteiger partial charge in [-0.25, -0.2) is 18.1 Å². The van der Waals surface area contributed by atoms with Crippen molar-refractivity contribution in [2.45, 2.75) is 25.3 Å². The van der Waals surface area contributed by atoms with Crippen molar-refractivity contribution in [3.63, 3.8) is 0 Å². The molecule has 0 fully saturated rings. The Labute approximate surface area is 179 Å². The standard InChI is InChI=1S/C18H23ClN4O6S/c1-11-7-14(15(28-4)8-13(11)19)22-16(24)10-29-18(25)5-6-20-30(26,27)17-9-23(3)12(2)21-17/h7-9,20H,5-6,10H2,1-4H3,(H,22,24). The Hall–Kier alpha value is -2.63. The number of hydrogen-bond acceptors (Lipinski definition) is 7. The number of benzene rings is 1. The molecule has 0 saturated heterocycles. The number of ether oxygens (including phenoxy) is 2. The van der Waals surface area contributed by atoms with Crippen molar-refractivity contribution in [2.24, 2.45) is 7.05 Å². The van der Waals surface area contributed by atoms with Crippen molar-refractivity contribution >= 4 is 39.2 Å². The second kappa shape index (κ2) is 9.92. The van der Waals surface area contributed by atoms with E-state index in [9.17, 15) is 18.0 Å². The molecule has 0 atom stereocenters. The fraction of sp³-hybridized carbons (Fsp3) is 0.389. The van der Waals surface area contributed by atoms with Crippen molar-refractivity contribution in [2.75, 3.05) is 25.6 Å². The molecular formula is C18H23ClN4O6S. The smallest absolute Gasteiger partial charge is 0.307 e. The predicted molar refractivity (Wildman–Crippen MR) is 110 cm³/mol. The summed E-state index contributed by atoms with van der Waals surface area (Å²) in [4.78, 5) is 27.8. The van der Waals surface area contributed by atoms with Crippen LogP contribution in [0.25, 0.3) is 0 Å². The van der Waals surface area contributed by atoms with E-state index >= 15 is 0 Å². The second-order valence-corrected chi connectivity index (χ2v) is 8.52. The van der Waals surface area contributed by atoms with E-state index in [0.717, 1.165) is 5.56 Å². The van der Waals surface area contributed by atoms with Gasteiger partial charge in [-0.2, -0.15) is 0 Å². The normalized spacial score (nSPS) is 11.2. The third-order valence-corrected chi connectivity index (χ3v) is 5.84.